The molecule has 0 saturated heterocycles. The van der Waals surface area contributed by atoms with Crippen molar-refractivity contribution < 1.29 is 0 Å². The van der Waals surface area contributed by atoms with Crippen LogP contribution in [0.3, 0.4) is 0 Å². The van der Waals surface area contributed by atoms with E-state index in [0.29, 0.717) is 0 Å². The SMILES string of the molecule is CCCC/C(C)=C1\C=Cc2ccccc21. The van der Waals surface area contributed by atoms with Gasteiger partial charge in [0.2, 0.25) is 0 Å². The van der Waals surface area contributed by atoms with E-state index >= 15 is 0 Å². The van der Waals surface area contributed by atoms with Crippen LogP contribution in [-0.2, 0) is 0 Å². The van der Waals surface area contributed by atoms with Crippen LogP contribution in [0, 0.1) is 0 Å². The fourth-order valence-corrected chi connectivity index (χ4v) is 2.10. The molecule has 0 fully saturated rings. The number of unbranched alkanes of at least 4 members (excludes halogenated alkanes) is 1. The topological polar surface area (TPSA) is 0 Å². The summed E-state index contributed by atoms with van der Waals surface area (Å²) in [5.41, 5.74) is 5.74. The molecule has 1 aliphatic carbocycles. The molecule has 0 saturated carbocycles. The third-order valence-electron chi connectivity index (χ3n) is 3.05. The maximum absolute atomic E-state index is 2.26. The molecular formula is C15H18. The second-order valence-corrected chi connectivity index (χ2v) is 4.22. The van der Waals surface area contributed by atoms with Crippen LogP contribution < -0.4 is 0 Å². The summed E-state index contributed by atoms with van der Waals surface area (Å²) in [6.07, 6.45) is 8.28. The lowest BCUT2D eigenvalue weighted by atomic mass is 9.99. The lowest BCUT2D eigenvalue weighted by Gasteiger charge is -2.06. The van der Waals surface area contributed by atoms with Crippen molar-refractivity contribution in [3.8, 4) is 0 Å². The Kier molecular flexibility index (Phi) is 3.05. The predicted molar refractivity (Wildman–Crippen MR) is 67.6 cm³/mol. The van der Waals surface area contributed by atoms with Crippen molar-refractivity contribution in [1.29, 1.82) is 0 Å². The Bertz CT molecular complexity index is 408. The van der Waals surface area contributed by atoms with Gasteiger partial charge in [-0.25, -0.2) is 0 Å². The van der Waals surface area contributed by atoms with Gasteiger partial charge in [0.25, 0.3) is 0 Å². The van der Waals surface area contributed by atoms with Crippen LogP contribution >= 0.6 is 0 Å². The molecule has 15 heavy (non-hydrogen) atoms. The van der Waals surface area contributed by atoms with Crippen molar-refractivity contribution in [3.63, 3.8) is 0 Å². The second kappa shape index (κ2) is 4.48. The van der Waals surface area contributed by atoms with Crippen LogP contribution in [0.2, 0.25) is 0 Å². The third kappa shape index (κ3) is 2.04. The average molecular weight is 198 g/mol. The van der Waals surface area contributed by atoms with Crippen molar-refractivity contribution in [2.45, 2.75) is 33.1 Å². The zero-order valence-electron chi connectivity index (χ0n) is 9.59. The normalized spacial score (nSPS) is 16.7. The van der Waals surface area contributed by atoms with E-state index in [0.717, 1.165) is 0 Å². The molecule has 0 spiro atoms. The summed E-state index contributed by atoms with van der Waals surface area (Å²) >= 11 is 0. The van der Waals surface area contributed by atoms with Gasteiger partial charge in [0, 0.05) is 0 Å². The highest BCUT2D eigenvalue weighted by Gasteiger charge is 2.11. The number of rotatable bonds is 3. The number of benzene rings is 1. The highest BCUT2D eigenvalue weighted by atomic mass is 14.2. The number of fused-ring (bicyclic) bond motifs is 1. The molecule has 1 aromatic carbocycles. The summed E-state index contributed by atoms with van der Waals surface area (Å²) in [5.74, 6) is 0. The molecule has 0 atom stereocenters. The van der Waals surface area contributed by atoms with Gasteiger partial charge in [0.15, 0.2) is 0 Å². The van der Waals surface area contributed by atoms with E-state index in [1.54, 1.807) is 0 Å². The fraction of sp³-hybridized carbons (Fsp3) is 0.333. The summed E-state index contributed by atoms with van der Waals surface area (Å²) in [7, 11) is 0. The van der Waals surface area contributed by atoms with E-state index in [1.807, 2.05) is 0 Å². The largest absolute Gasteiger partial charge is 0.0655 e. The Morgan fingerprint density at radius 2 is 1.93 bits per heavy atom. The molecule has 0 amide bonds. The molecule has 0 aromatic heterocycles. The first-order valence-corrected chi connectivity index (χ1v) is 5.80. The zero-order chi connectivity index (χ0) is 10.7. The summed E-state index contributed by atoms with van der Waals surface area (Å²) in [6.45, 7) is 4.51. The molecule has 1 aromatic rings. The molecular weight excluding hydrogens is 180 g/mol. The molecule has 0 radical (unpaired) electrons. The van der Waals surface area contributed by atoms with Crippen LogP contribution in [-0.4, -0.2) is 0 Å². The Labute approximate surface area is 92.3 Å². The summed E-state index contributed by atoms with van der Waals surface area (Å²) in [4.78, 5) is 0. The number of allylic oxidation sites excluding steroid dienone is 3. The smallest absolute Gasteiger partial charge is 0.0112 e. The van der Waals surface area contributed by atoms with Crippen molar-refractivity contribution >= 4 is 11.6 Å². The average Bonchev–Trinajstić information content (AvgIpc) is 2.69. The van der Waals surface area contributed by atoms with Gasteiger partial charge < -0.3 is 0 Å². The van der Waals surface area contributed by atoms with E-state index in [9.17, 15) is 0 Å². The van der Waals surface area contributed by atoms with Crippen LogP contribution in [0.4, 0.5) is 0 Å². The van der Waals surface area contributed by atoms with Crippen LogP contribution in [0.15, 0.2) is 35.9 Å². The van der Waals surface area contributed by atoms with Crippen molar-refractivity contribution in [2.24, 2.45) is 0 Å². The third-order valence-corrected chi connectivity index (χ3v) is 3.05. The molecule has 0 bridgehead atoms. The molecule has 1 aliphatic rings. The minimum Gasteiger partial charge on any atom is -0.0655 e. The summed E-state index contributed by atoms with van der Waals surface area (Å²) in [6, 6.07) is 8.64. The summed E-state index contributed by atoms with van der Waals surface area (Å²) in [5, 5.41) is 0. The Morgan fingerprint density at radius 1 is 1.13 bits per heavy atom. The number of hydrogen-bond acceptors (Lipinski definition) is 0. The van der Waals surface area contributed by atoms with E-state index in [1.165, 1.54) is 41.5 Å². The van der Waals surface area contributed by atoms with Gasteiger partial charge in [-0.2, -0.15) is 0 Å². The van der Waals surface area contributed by atoms with E-state index < -0.39 is 0 Å². The first kappa shape index (κ1) is 10.2. The first-order valence-electron chi connectivity index (χ1n) is 5.80. The molecule has 78 valence electrons. The minimum absolute atomic E-state index is 1.23. The monoisotopic (exact) mass is 198 g/mol. The van der Waals surface area contributed by atoms with Gasteiger partial charge in [-0.05, 0) is 36.5 Å². The Hall–Kier alpha value is -1.30. The first-order chi connectivity index (χ1) is 7.33. The van der Waals surface area contributed by atoms with Crippen LogP contribution in [0.5, 0.6) is 0 Å². The van der Waals surface area contributed by atoms with Crippen molar-refractivity contribution in [1.82, 2.24) is 0 Å². The molecule has 0 N–H and O–H groups in total. The lowest BCUT2D eigenvalue weighted by Crippen LogP contribution is -1.86. The quantitative estimate of drug-likeness (QED) is 0.661. The molecule has 0 unspecified atom stereocenters. The molecule has 0 nitrogen and oxygen atoms in total. The van der Waals surface area contributed by atoms with Gasteiger partial charge >= 0.3 is 0 Å². The summed E-state index contributed by atoms with van der Waals surface area (Å²) < 4.78 is 0. The maximum Gasteiger partial charge on any atom is -0.0112 e. The van der Waals surface area contributed by atoms with E-state index in [-0.39, 0.29) is 0 Å². The second-order valence-electron chi connectivity index (χ2n) is 4.22. The van der Waals surface area contributed by atoms with Crippen molar-refractivity contribution in [2.75, 3.05) is 0 Å². The van der Waals surface area contributed by atoms with Gasteiger partial charge in [0.1, 0.15) is 0 Å². The van der Waals surface area contributed by atoms with Crippen molar-refractivity contribution in [3.05, 3.63) is 47.0 Å². The van der Waals surface area contributed by atoms with Gasteiger partial charge in [-0.1, -0.05) is 55.3 Å². The Balaban J connectivity index is 2.30. The molecule has 0 heterocycles. The molecule has 0 aliphatic heterocycles. The number of hydrogen-bond donors (Lipinski definition) is 0. The Morgan fingerprint density at radius 3 is 2.73 bits per heavy atom. The van der Waals surface area contributed by atoms with Gasteiger partial charge in [-0.3, -0.25) is 0 Å². The van der Waals surface area contributed by atoms with E-state index in [2.05, 4.69) is 50.3 Å². The van der Waals surface area contributed by atoms with E-state index in [4.69, 9.17) is 0 Å². The van der Waals surface area contributed by atoms with Crippen LogP contribution in [0.25, 0.3) is 11.6 Å². The zero-order valence-corrected chi connectivity index (χ0v) is 9.59. The fourth-order valence-electron chi connectivity index (χ4n) is 2.10. The maximum atomic E-state index is 2.26. The minimum atomic E-state index is 1.23. The van der Waals surface area contributed by atoms with Gasteiger partial charge in [0.05, 0.1) is 0 Å². The lowest BCUT2D eigenvalue weighted by molar-refractivity contribution is 0.789. The molecule has 2 rings (SSSR count). The van der Waals surface area contributed by atoms with Crippen LogP contribution in [0.1, 0.15) is 44.2 Å². The highest BCUT2D eigenvalue weighted by molar-refractivity contribution is 5.91. The molecule has 0 heteroatoms. The standard InChI is InChI=1S/C15H18/c1-3-4-7-12(2)14-11-10-13-8-5-6-9-15(13)14/h5-6,8-11H,3-4,7H2,1-2H3/b14-12+. The predicted octanol–water partition coefficient (Wildman–Crippen LogP) is 4.68. The highest BCUT2D eigenvalue weighted by Crippen LogP contribution is 2.32. The van der Waals surface area contributed by atoms with Gasteiger partial charge in [-0.15, -0.1) is 0 Å².